The van der Waals surface area contributed by atoms with E-state index >= 15 is 0 Å². The Morgan fingerprint density at radius 2 is 1.86 bits per heavy atom. The zero-order valence-corrected chi connectivity index (χ0v) is 7.61. The van der Waals surface area contributed by atoms with Crippen molar-refractivity contribution < 1.29 is 17.3 Å². The molecule has 76 valence electrons. The lowest BCUT2D eigenvalue weighted by Crippen LogP contribution is -2.09. The lowest BCUT2D eigenvalue weighted by molar-refractivity contribution is 0.499. The maximum absolute atomic E-state index is 12.9. The molecule has 1 aromatic carbocycles. The Morgan fingerprint density at radius 3 is 2.43 bits per heavy atom. The zero-order valence-electron chi connectivity index (χ0n) is 6.85. The molecule has 1 rings (SSSR count). The first-order valence-corrected chi connectivity index (χ1v) is 4.10. The molecule has 0 saturated heterocycles. The lowest BCUT2D eigenvalue weighted by atomic mass is 9.90. The minimum atomic E-state index is -5.04. The summed E-state index contributed by atoms with van der Waals surface area (Å²) in [4.78, 5) is 0. The second-order valence-corrected chi connectivity index (χ2v) is 3.09. The van der Waals surface area contributed by atoms with Gasteiger partial charge in [-0.15, -0.1) is 5.98 Å². The van der Waals surface area contributed by atoms with Crippen molar-refractivity contribution in [2.75, 3.05) is 0 Å². The first-order chi connectivity index (χ1) is 6.38. The van der Waals surface area contributed by atoms with Crippen LogP contribution >= 0.6 is 11.6 Å². The summed E-state index contributed by atoms with van der Waals surface area (Å²) in [6, 6.07) is 3.42. The summed E-state index contributed by atoms with van der Waals surface area (Å²) in [6.07, 6.45) is 0.668. The monoisotopic (exact) mass is 223 g/mol. The predicted molar refractivity (Wildman–Crippen MR) is 49.5 cm³/mol. The van der Waals surface area contributed by atoms with E-state index in [0.717, 1.165) is 12.1 Å². The molecule has 0 heterocycles. The van der Waals surface area contributed by atoms with Crippen molar-refractivity contribution in [3.8, 4) is 0 Å². The Labute approximate surface area is 83.2 Å². The van der Waals surface area contributed by atoms with Crippen molar-refractivity contribution in [2.24, 2.45) is 0 Å². The summed E-state index contributed by atoms with van der Waals surface area (Å²) >= 11 is 5.49. The largest absolute Gasteiger partial charge is 0.502 e. The molecule has 0 spiro atoms. The van der Waals surface area contributed by atoms with Crippen molar-refractivity contribution >= 4 is 24.7 Å². The van der Waals surface area contributed by atoms with Crippen LogP contribution in [0.25, 0.3) is 6.08 Å². The van der Waals surface area contributed by atoms with Crippen LogP contribution in [0.4, 0.5) is 17.3 Å². The van der Waals surface area contributed by atoms with Gasteiger partial charge in [0.1, 0.15) is 5.82 Å². The Hall–Kier alpha value is -0.965. The van der Waals surface area contributed by atoms with Gasteiger partial charge in [0.15, 0.2) is 0 Å². The van der Waals surface area contributed by atoms with Gasteiger partial charge in [-0.1, -0.05) is 17.7 Å². The maximum atomic E-state index is 12.9. The van der Waals surface area contributed by atoms with E-state index in [0.29, 0.717) is 6.08 Å². The van der Waals surface area contributed by atoms with Gasteiger partial charge in [0, 0.05) is 10.6 Å². The molecule has 0 unspecified atom stereocenters. The third-order valence-electron chi connectivity index (χ3n) is 1.45. The topological polar surface area (TPSA) is 0 Å². The van der Waals surface area contributed by atoms with Gasteiger partial charge >= 0.3 is 6.98 Å². The van der Waals surface area contributed by atoms with E-state index in [1.807, 2.05) is 0 Å². The van der Waals surface area contributed by atoms with E-state index in [9.17, 15) is 17.3 Å². The molecular formula is C8H5BClF4-. The summed E-state index contributed by atoms with van der Waals surface area (Å²) in [5, 5.41) is 0.195. The lowest BCUT2D eigenvalue weighted by Gasteiger charge is -2.06. The second kappa shape index (κ2) is 4.04. The number of hydrogen-bond donors (Lipinski definition) is 0. The zero-order chi connectivity index (χ0) is 10.8. The molecule has 0 aliphatic carbocycles. The van der Waals surface area contributed by atoms with Crippen LogP contribution < -0.4 is 0 Å². The highest BCUT2D eigenvalue weighted by Gasteiger charge is 2.17. The highest BCUT2D eigenvalue weighted by Crippen LogP contribution is 2.18. The van der Waals surface area contributed by atoms with Crippen LogP contribution in [-0.2, 0) is 0 Å². The quantitative estimate of drug-likeness (QED) is 0.527. The van der Waals surface area contributed by atoms with Crippen LogP contribution in [0.2, 0.25) is 5.02 Å². The Balaban J connectivity index is 2.97. The molecule has 6 heteroatoms. The average molecular weight is 223 g/mol. The third kappa shape index (κ3) is 3.42. The Morgan fingerprint density at radius 1 is 1.21 bits per heavy atom. The highest BCUT2D eigenvalue weighted by atomic mass is 35.5. The van der Waals surface area contributed by atoms with Crippen molar-refractivity contribution in [1.82, 2.24) is 0 Å². The molecule has 0 radical (unpaired) electrons. The van der Waals surface area contributed by atoms with E-state index in [1.165, 1.54) is 6.07 Å². The van der Waals surface area contributed by atoms with Crippen LogP contribution in [0.1, 0.15) is 5.56 Å². The molecule has 0 aliphatic heterocycles. The van der Waals surface area contributed by atoms with Gasteiger partial charge in [-0.3, -0.25) is 0 Å². The molecule has 0 saturated carbocycles. The summed E-state index contributed by atoms with van der Waals surface area (Å²) in [7, 11) is 0. The Kier molecular flexibility index (Phi) is 3.21. The molecule has 0 fully saturated rings. The molecule has 0 atom stereocenters. The van der Waals surface area contributed by atoms with E-state index in [1.54, 1.807) is 0 Å². The van der Waals surface area contributed by atoms with Crippen molar-refractivity contribution in [1.29, 1.82) is 0 Å². The Bertz CT molecular complexity index is 359. The molecule has 14 heavy (non-hydrogen) atoms. The number of halogens is 5. The smallest absolute Gasteiger partial charge is 0.445 e. The van der Waals surface area contributed by atoms with Gasteiger partial charge in [0.2, 0.25) is 0 Å². The molecular weight excluding hydrogens is 218 g/mol. The van der Waals surface area contributed by atoms with Gasteiger partial charge in [0.25, 0.3) is 0 Å². The summed E-state index contributed by atoms with van der Waals surface area (Å²) in [5.41, 5.74) is -0.170. The van der Waals surface area contributed by atoms with Crippen LogP contribution in [0, 0.1) is 5.82 Å². The highest BCUT2D eigenvalue weighted by molar-refractivity contribution is 6.64. The fourth-order valence-electron chi connectivity index (χ4n) is 0.855. The van der Waals surface area contributed by atoms with Gasteiger partial charge in [-0.2, -0.15) is 0 Å². The van der Waals surface area contributed by atoms with Gasteiger partial charge in [-0.25, -0.2) is 4.39 Å². The summed E-state index contributed by atoms with van der Waals surface area (Å²) < 4.78 is 48.3. The van der Waals surface area contributed by atoms with Gasteiger partial charge < -0.3 is 12.9 Å². The van der Waals surface area contributed by atoms with Crippen LogP contribution in [-0.4, -0.2) is 6.98 Å². The van der Waals surface area contributed by atoms with Gasteiger partial charge in [-0.05, 0) is 18.2 Å². The van der Waals surface area contributed by atoms with E-state index in [-0.39, 0.29) is 16.6 Å². The van der Waals surface area contributed by atoms with E-state index < -0.39 is 12.8 Å². The third-order valence-corrected chi connectivity index (χ3v) is 1.69. The minimum absolute atomic E-state index is 0.0226. The van der Waals surface area contributed by atoms with Crippen LogP contribution in [0.3, 0.4) is 0 Å². The fourth-order valence-corrected chi connectivity index (χ4v) is 1.04. The fraction of sp³-hybridized carbons (Fsp3) is 0. The SMILES string of the molecule is Fc1ccc(Cl)cc1/C=C/[B-](F)(F)F. The normalized spacial score (nSPS) is 12.4. The predicted octanol–water partition coefficient (Wildman–Crippen LogP) is 3.88. The van der Waals surface area contributed by atoms with Crippen molar-refractivity contribution in [2.45, 2.75) is 0 Å². The molecule has 0 bridgehead atoms. The summed E-state index contributed by atoms with van der Waals surface area (Å²) in [5.74, 6) is -0.708. The average Bonchev–Trinajstić information content (AvgIpc) is 2.05. The van der Waals surface area contributed by atoms with Gasteiger partial charge in [0.05, 0.1) is 0 Å². The molecule has 0 amide bonds. The standard InChI is InChI=1S/C8H5BClF4/c10-7-1-2-8(11)6(5-7)3-4-9(12,13)14/h1-5H/q-1/b4-3+. The molecule has 0 nitrogen and oxygen atoms in total. The van der Waals surface area contributed by atoms with Crippen LogP contribution in [0.15, 0.2) is 24.2 Å². The number of benzene rings is 1. The number of hydrogen-bond acceptors (Lipinski definition) is 0. The van der Waals surface area contributed by atoms with Crippen molar-refractivity contribution in [3.63, 3.8) is 0 Å². The summed E-state index contributed by atoms with van der Waals surface area (Å²) in [6.45, 7) is -5.04. The molecule has 0 aliphatic rings. The minimum Gasteiger partial charge on any atom is -0.445 e. The van der Waals surface area contributed by atoms with Crippen LogP contribution in [0.5, 0.6) is 0 Å². The second-order valence-electron chi connectivity index (χ2n) is 2.65. The number of rotatable bonds is 2. The molecule has 0 aromatic heterocycles. The molecule has 1 aromatic rings. The van der Waals surface area contributed by atoms with Crippen molar-refractivity contribution in [3.05, 3.63) is 40.6 Å². The van der Waals surface area contributed by atoms with E-state index in [4.69, 9.17) is 11.6 Å². The van der Waals surface area contributed by atoms with E-state index in [2.05, 4.69) is 0 Å². The first-order valence-electron chi connectivity index (χ1n) is 3.73. The first kappa shape index (κ1) is 11.1. The maximum Gasteiger partial charge on any atom is 0.502 e. The molecule has 0 N–H and O–H groups in total.